The molecule has 96 valence electrons. The Kier molecular flexibility index (Phi) is 2.96. The van der Waals surface area contributed by atoms with Crippen molar-refractivity contribution in [2.75, 3.05) is 20.1 Å². The van der Waals surface area contributed by atoms with Gasteiger partial charge in [0.05, 0.1) is 0 Å². The van der Waals surface area contributed by atoms with Gasteiger partial charge in [0, 0.05) is 38.8 Å². The summed E-state index contributed by atoms with van der Waals surface area (Å²) in [6.07, 6.45) is 1.23. The third-order valence-corrected chi connectivity index (χ3v) is 4.11. The van der Waals surface area contributed by atoms with Gasteiger partial charge >= 0.3 is 0 Å². The summed E-state index contributed by atoms with van der Waals surface area (Å²) in [5, 5.41) is 0. The molecule has 0 aromatic heterocycles. The quantitative estimate of drug-likeness (QED) is 0.621. The zero-order valence-electron chi connectivity index (χ0n) is 10.8. The normalized spacial score (nSPS) is 28.1. The monoisotopic (exact) mass is 244 g/mol. The Morgan fingerprint density at radius 2 is 2.06 bits per heavy atom. The van der Waals surface area contributed by atoms with Gasteiger partial charge in [0.1, 0.15) is 0 Å². The van der Waals surface area contributed by atoms with Crippen LogP contribution in [0.15, 0.2) is 35.3 Å². The highest BCUT2D eigenvalue weighted by atomic mass is 15.4. The van der Waals surface area contributed by atoms with Crippen molar-refractivity contribution >= 4 is 5.96 Å². The van der Waals surface area contributed by atoms with Crippen LogP contribution in [0.2, 0.25) is 0 Å². The molecule has 18 heavy (non-hydrogen) atoms. The maximum absolute atomic E-state index is 5.92. The van der Waals surface area contributed by atoms with Crippen molar-refractivity contribution in [2.24, 2.45) is 10.7 Å². The molecule has 2 N–H and O–H groups in total. The average molecular weight is 244 g/mol. The molecule has 2 fully saturated rings. The minimum atomic E-state index is 0.558. The van der Waals surface area contributed by atoms with Crippen LogP contribution < -0.4 is 5.73 Å². The molecule has 2 heterocycles. The summed E-state index contributed by atoms with van der Waals surface area (Å²) in [6, 6.07) is 11.9. The van der Waals surface area contributed by atoms with Gasteiger partial charge in [-0.2, -0.15) is 0 Å². The Bertz CT molecular complexity index is 442. The number of nitrogens with two attached hydrogens (primary N) is 1. The van der Waals surface area contributed by atoms with E-state index in [-0.39, 0.29) is 0 Å². The zero-order chi connectivity index (χ0) is 12.5. The van der Waals surface area contributed by atoms with Crippen LogP contribution in [-0.4, -0.2) is 48.0 Å². The second-order valence-electron chi connectivity index (χ2n) is 5.19. The first-order valence-corrected chi connectivity index (χ1v) is 6.55. The standard InChI is InChI=1S/C14H20N4/c1-16-14(15)18-10-12-7-13(18)9-17(12)8-11-5-3-2-4-6-11/h2-6,12-13H,7-10H2,1H3,(H2,15,16). The third-order valence-electron chi connectivity index (χ3n) is 4.11. The van der Waals surface area contributed by atoms with Crippen LogP contribution in [-0.2, 0) is 6.54 Å². The predicted molar refractivity (Wildman–Crippen MR) is 73.3 cm³/mol. The lowest BCUT2D eigenvalue weighted by atomic mass is 10.2. The Balaban J connectivity index is 1.64. The highest BCUT2D eigenvalue weighted by molar-refractivity contribution is 5.78. The molecule has 0 radical (unpaired) electrons. The molecule has 1 aromatic rings. The van der Waals surface area contributed by atoms with Crippen LogP contribution >= 0.6 is 0 Å². The SMILES string of the molecule is CN=C(N)N1CC2CC1CN2Cc1ccccc1. The van der Waals surface area contributed by atoms with Crippen molar-refractivity contribution in [3.63, 3.8) is 0 Å². The van der Waals surface area contributed by atoms with Crippen molar-refractivity contribution in [1.82, 2.24) is 9.80 Å². The van der Waals surface area contributed by atoms with Gasteiger partial charge in [-0.3, -0.25) is 9.89 Å². The van der Waals surface area contributed by atoms with Crippen molar-refractivity contribution < 1.29 is 0 Å². The first-order valence-electron chi connectivity index (χ1n) is 6.55. The number of benzene rings is 1. The Morgan fingerprint density at radius 1 is 1.28 bits per heavy atom. The summed E-state index contributed by atoms with van der Waals surface area (Å²) in [7, 11) is 1.77. The molecule has 0 amide bonds. The van der Waals surface area contributed by atoms with Crippen LogP contribution in [0.3, 0.4) is 0 Å². The topological polar surface area (TPSA) is 44.9 Å². The van der Waals surface area contributed by atoms with E-state index in [2.05, 4.69) is 45.1 Å². The number of aliphatic imine (C=N–C) groups is 1. The number of piperazine rings is 1. The smallest absolute Gasteiger partial charge is 0.191 e. The lowest BCUT2D eigenvalue weighted by Crippen LogP contribution is -2.50. The zero-order valence-corrected chi connectivity index (χ0v) is 10.8. The Morgan fingerprint density at radius 3 is 2.67 bits per heavy atom. The van der Waals surface area contributed by atoms with Crippen LogP contribution in [0.5, 0.6) is 0 Å². The Labute approximate surface area is 108 Å². The van der Waals surface area contributed by atoms with Gasteiger partial charge in [-0.25, -0.2) is 0 Å². The van der Waals surface area contributed by atoms with Crippen LogP contribution in [0.4, 0.5) is 0 Å². The average Bonchev–Trinajstić information content (AvgIpc) is 2.98. The van der Waals surface area contributed by atoms with Crippen molar-refractivity contribution in [1.29, 1.82) is 0 Å². The van der Waals surface area contributed by atoms with Crippen molar-refractivity contribution in [3.8, 4) is 0 Å². The molecule has 2 aliphatic heterocycles. The Hall–Kier alpha value is -1.55. The van der Waals surface area contributed by atoms with Gasteiger partial charge in [0.25, 0.3) is 0 Å². The largest absolute Gasteiger partial charge is 0.370 e. The van der Waals surface area contributed by atoms with E-state index in [1.54, 1.807) is 7.05 Å². The van der Waals surface area contributed by atoms with Gasteiger partial charge in [-0.15, -0.1) is 0 Å². The van der Waals surface area contributed by atoms with E-state index in [1.807, 2.05) is 0 Å². The van der Waals surface area contributed by atoms with Crippen LogP contribution in [0.1, 0.15) is 12.0 Å². The van der Waals surface area contributed by atoms with Gasteiger partial charge in [-0.05, 0) is 12.0 Å². The minimum absolute atomic E-state index is 0.558. The lowest BCUT2D eigenvalue weighted by molar-refractivity contribution is 0.168. The number of guanidine groups is 1. The second-order valence-corrected chi connectivity index (χ2v) is 5.19. The van der Waals surface area contributed by atoms with E-state index in [9.17, 15) is 0 Å². The summed E-state index contributed by atoms with van der Waals surface area (Å²) in [5.74, 6) is 0.696. The maximum atomic E-state index is 5.92. The lowest BCUT2D eigenvalue weighted by Gasteiger charge is -2.34. The first-order chi connectivity index (χ1) is 8.78. The predicted octanol–water partition coefficient (Wildman–Crippen LogP) is 0.890. The molecule has 3 rings (SSSR count). The van der Waals surface area contributed by atoms with Gasteiger partial charge < -0.3 is 10.6 Å². The number of likely N-dealkylation sites (tertiary alicyclic amines) is 2. The molecule has 4 heteroatoms. The van der Waals surface area contributed by atoms with Gasteiger partial charge in [-0.1, -0.05) is 30.3 Å². The molecule has 0 spiro atoms. The van der Waals surface area contributed by atoms with Crippen LogP contribution in [0, 0.1) is 0 Å². The van der Waals surface area contributed by atoms with E-state index in [4.69, 9.17) is 5.73 Å². The van der Waals surface area contributed by atoms with E-state index in [0.717, 1.165) is 19.6 Å². The van der Waals surface area contributed by atoms with E-state index >= 15 is 0 Å². The fourth-order valence-electron chi connectivity index (χ4n) is 3.17. The molecule has 2 saturated heterocycles. The molecule has 0 saturated carbocycles. The van der Waals surface area contributed by atoms with Gasteiger partial charge in [0.2, 0.25) is 0 Å². The number of hydrogen-bond acceptors (Lipinski definition) is 2. The molecule has 2 aliphatic rings. The summed E-state index contributed by atoms with van der Waals surface area (Å²) >= 11 is 0. The number of rotatable bonds is 2. The summed E-state index contributed by atoms with van der Waals surface area (Å²) < 4.78 is 0. The molecule has 2 unspecified atom stereocenters. The van der Waals surface area contributed by atoms with E-state index in [1.165, 1.54) is 12.0 Å². The third kappa shape index (κ3) is 1.97. The summed E-state index contributed by atoms with van der Waals surface area (Å²) in [6.45, 7) is 3.19. The molecule has 2 atom stereocenters. The highest BCUT2D eigenvalue weighted by Crippen LogP contribution is 2.31. The highest BCUT2D eigenvalue weighted by Gasteiger charge is 2.43. The molecular formula is C14H20N4. The van der Waals surface area contributed by atoms with Crippen molar-refractivity contribution in [3.05, 3.63) is 35.9 Å². The number of nitrogens with zero attached hydrogens (tertiary/aromatic N) is 3. The van der Waals surface area contributed by atoms with Gasteiger partial charge in [0.15, 0.2) is 5.96 Å². The molecular weight excluding hydrogens is 224 g/mol. The molecule has 4 nitrogen and oxygen atoms in total. The fourth-order valence-corrected chi connectivity index (χ4v) is 3.17. The second kappa shape index (κ2) is 4.61. The van der Waals surface area contributed by atoms with E-state index < -0.39 is 0 Å². The first kappa shape index (κ1) is 11.5. The molecule has 2 bridgehead atoms. The van der Waals surface area contributed by atoms with Crippen molar-refractivity contribution in [2.45, 2.75) is 25.0 Å². The number of hydrogen-bond donors (Lipinski definition) is 1. The van der Waals surface area contributed by atoms with E-state index in [0.29, 0.717) is 18.0 Å². The maximum Gasteiger partial charge on any atom is 0.191 e. The minimum Gasteiger partial charge on any atom is -0.370 e. The summed E-state index contributed by atoms with van der Waals surface area (Å²) in [4.78, 5) is 8.93. The van der Waals surface area contributed by atoms with Crippen LogP contribution in [0.25, 0.3) is 0 Å². The summed E-state index contributed by atoms with van der Waals surface area (Å²) in [5.41, 5.74) is 7.32. The molecule has 1 aromatic carbocycles. The fraction of sp³-hybridized carbons (Fsp3) is 0.500. The number of fused-ring (bicyclic) bond motifs is 2. The molecule has 0 aliphatic carbocycles.